The minimum absolute atomic E-state index is 0.0850. The number of aromatic nitrogens is 5. The molecule has 0 saturated carbocycles. The summed E-state index contributed by atoms with van der Waals surface area (Å²) in [5.41, 5.74) is 2.95. The van der Waals surface area contributed by atoms with E-state index in [1.165, 1.54) is 11.8 Å². The van der Waals surface area contributed by atoms with Gasteiger partial charge in [0, 0.05) is 10.6 Å². The highest BCUT2D eigenvalue weighted by atomic mass is 35.5. The van der Waals surface area contributed by atoms with Crippen molar-refractivity contribution in [3.63, 3.8) is 0 Å². The average molecular weight is 398 g/mol. The molecule has 27 heavy (non-hydrogen) atoms. The lowest BCUT2D eigenvalue weighted by Crippen LogP contribution is -1.97. The number of rotatable bonds is 5. The van der Waals surface area contributed by atoms with Gasteiger partial charge in [-0.1, -0.05) is 47.1 Å². The number of nitrogens with zero attached hydrogens (tertiary/aromatic N) is 5. The van der Waals surface area contributed by atoms with Crippen LogP contribution in [-0.4, -0.2) is 25.0 Å². The van der Waals surface area contributed by atoms with E-state index in [9.17, 15) is 0 Å². The summed E-state index contributed by atoms with van der Waals surface area (Å²) in [6.07, 6.45) is 1.66. The predicted octanol–water partition coefficient (Wildman–Crippen LogP) is 5.13. The summed E-state index contributed by atoms with van der Waals surface area (Å²) in [4.78, 5) is 0. The van der Waals surface area contributed by atoms with Crippen molar-refractivity contribution >= 4 is 23.4 Å². The molecule has 136 valence electrons. The van der Waals surface area contributed by atoms with Gasteiger partial charge in [0.1, 0.15) is 6.33 Å². The van der Waals surface area contributed by atoms with Crippen LogP contribution in [0.3, 0.4) is 0 Å². The molecule has 0 aliphatic heterocycles. The van der Waals surface area contributed by atoms with E-state index in [0.717, 1.165) is 22.0 Å². The molecule has 0 saturated heterocycles. The molecule has 0 radical (unpaired) electrons. The summed E-state index contributed by atoms with van der Waals surface area (Å²) in [5.74, 6) is 1.05. The lowest BCUT2D eigenvalue weighted by molar-refractivity contribution is 0.509. The summed E-state index contributed by atoms with van der Waals surface area (Å²) in [7, 11) is 0. The number of hydrogen-bond donors (Lipinski definition) is 0. The zero-order valence-corrected chi connectivity index (χ0v) is 16.3. The first kappa shape index (κ1) is 17.8. The molecule has 0 spiro atoms. The molecule has 4 rings (SSSR count). The molecule has 6 nitrogen and oxygen atoms in total. The SMILES string of the molecule is Cc1cccc(-c2nnc(C(C)Sc3nncn3-c3cccc(Cl)c3)o2)c1. The molecule has 2 aromatic carbocycles. The van der Waals surface area contributed by atoms with Crippen LogP contribution in [-0.2, 0) is 0 Å². The first-order valence-corrected chi connectivity index (χ1v) is 9.59. The Bertz CT molecular complexity index is 1080. The molecular weight excluding hydrogens is 382 g/mol. The second kappa shape index (κ2) is 7.54. The Morgan fingerprint density at radius 3 is 2.74 bits per heavy atom. The maximum absolute atomic E-state index is 6.09. The van der Waals surface area contributed by atoms with Crippen LogP contribution >= 0.6 is 23.4 Å². The van der Waals surface area contributed by atoms with E-state index in [4.69, 9.17) is 16.0 Å². The van der Waals surface area contributed by atoms with Gasteiger partial charge < -0.3 is 4.42 Å². The van der Waals surface area contributed by atoms with Gasteiger partial charge in [-0.25, -0.2) is 0 Å². The van der Waals surface area contributed by atoms with Gasteiger partial charge in [0.2, 0.25) is 11.8 Å². The van der Waals surface area contributed by atoms with Gasteiger partial charge in [0.25, 0.3) is 0 Å². The molecule has 1 atom stereocenters. The number of halogens is 1. The minimum atomic E-state index is -0.0850. The quantitative estimate of drug-likeness (QED) is 0.434. The topological polar surface area (TPSA) is 69.6 Å². The van der Waals surface area contributed by atoms with E-state index in [2.05, 4.69) is 20.4 Å². The molecule has 8 heteroatoms. The Kier molecular flexibility index (Phi) is 4.96. The molecule has 4 aromatic rings. The van der Waals surface area contributed by atoms with Gasteiger partial charge in [-0.3, -0.25) is 4.57 Å². The van der Waals surface area contributed by atoms with Gasteiger partial charge >= 0.3 is 0 Å². The molecule has 0 fully saturated rings. The Balaban J connectivity index is 1.56. The summed E-state index contributed by atoms with van der Waals surface area (Å²) in [6.45, 7) is 4.02. The van der Waals surface area contributed by atoms with Crippen molar-refractivity contribution in [2.75, 3.05) is 0 Å². The first-order valence-electron chi connectivity index (χ1n) is 8.33. The third kappa shape index (κ3) is 3.89. The lowest BCUT2D eigenvalue weighted by Gasteiger charge is -2.09. The van der Waals surface area contributed by atoms with Crippen LogP contribution in [0.4, 0.5) is 0 Å². The predicted molar refractivity (Wildman–Crippen MR) is 105 cm³/mol. The van der Waals surface area contributed by atoms with E-state index in [-0.39, 0.29) is 5.25 Å². The summed E-state index contributed by atoms with van der Waals surface area (Å²) in [5, 5.41) is 17.9. The second-order valence-corrected chi connectivity index (χ2v) is 7.78. The van der Waals surface area contributed by atoms with E-state index in [0.29, 0.717) is 16.8 Å². The molecule has 2 aromatic heterocycles. The van der Waals surface area contributed by atoms with Crippen LogP contribution in [0.25, 0.3) is 17.1 Å². The number of hydrogen-bond acceptors (Lipinski definition) is 6. The summed E-state index contributed by atoms with van der Waals surface area (Å²) < 4.78 is 7.76. The molecule has 0 bridgehead atoms. The highest BCUT2D eigenvalue weighted by Gasteiger charge is 2.19. The van der Waals surface area contributed by atoms with E-state index in [1.54, 1.807) is 6.33 Å². The fourth-order valence-electron chi connectivity index (χ4n) is 2.61. The van der Waals surface area contributed by atoms with E-state index in [1.807, 2.05) is 66.9 Å². The van der Waals surface area contributed by atoms with Crippen molar-refractivity contribution in [2.24, 2.45) is 0 Å². The van der Waals surface area contributed by atoms with Crippen LogP contribution < -0.4 is 0 Å². The number of aryl methyl sites for hydroxylation is 1. The zero-order chi connectivity index (χ0) is 18.8. The normalized spacial score (nSPS) is 12.3. The zero-order valence-electron chi connectivity index (χ0n) is 14.7. The average Bonchev–Trinajstić information content (AvgIpc) is 3.31. The summed E-state index contributed by atoms with van der Waals surface area (Å²) in [6, 6.07) is 15.5. The van der Waals surface area contributed by atoms with Crippen molar-refractivity contribution in [3.8, 4) is 17.1 Å². The largest absolute Gasteiger partial charge is 0.419 e. The Morgan fingerprint density at radius 1 is 1.07 bits per heavy atom. The van der Waals surface area contributed by atoms with Gasteiger partial charge in [-0.05, 0) is 44.2 Å². The second-order valence-electron chi connectivity index (χ2n) is 6.04. The van der Waals surface area contributed by atoms with Crippen LogP contribution in [0.15, 0.2) is 64.4 Å². The van der Waals surface area contributed by atoms with E-state index < -0.39 is 0 Å². The first-order chi connectivity index (χ1) is 13.1. The standard InChI is InChI=1S/C19H16ClN5OS/c1-12-5-3-6-14(9-12)18-23-22-17(26-18)13(2)27-19-24-21-11-25(19)16-8-4-7-15(20)10-16/h3-11,13H,1-2H3. The molecule has 2 heterocycles. The highest BCUT2D eigenvalue weighted by molar-refractivity contribution is 7.99. The summed E-state index contributed by atoms with van der Waals surface area (Å²) >= 11 is 7.59. The Morgan fingerprint density at radius 2 is 1.93 bits per heavy atom. The van der Waals surface area contributed by atoms with Gasteiger partial charge in [-0.15, -0.1) is 20.4 Å². The fraction of sp³-hybridized carbons (Fsp3) is 0.158. The molecule has 0 N–H and O–H groups in total. The molecular formula is C19H16ClN5OS. The Hall–Kier alpha value is -2.64. The van der Waals surface area contributed by atoms with Gasteiger partial charge in [0.15, 0.2) is 5.16 Å². The van der Waals surface area contributed by atoms with Crippen molar-refractivity contribution in [1.82, 2.24) is 25.0 Å². The maximum Gasteiger partial charge on any atom is 0.247 e. The maximum atomic E-state index is 6.09. The molecule has 0 aliphatic carbocycles. The van der Waals surface area contributed by atoms with Gasteiger partial charge in [-0.2, -0.15) is 0 Å². The van der Waals surface area contributed by atoms with Crippen LogP contribution in [0.2, 0.25) is 5.02 Å². The van der Waals surface area contributed by atoms with Crippen molar-refractivity contribution in [2.45, 2.75) is 24.3 Å². The van der Waals surface area contributed by atoms with Crippen LogP contribution in [0, 0.1) is 6.92 Å². The molecule has 0 amide bonds. The Labute approximate surface area is 165 Å². The monoisotopic (exact) mass is 397 g/mol. The smallest absolute Gasteiger partial charge is 0.247 e. The van der Waals surface area contributed by atoms with E-state index >= 15 is 0 Å². The van der Waals surface area contributed by atoms with Crippen molar-refractivity contribution < 1.29 is 4.42 Å². The lowest BCUT2D eigenvalue weighted by atomic mass is 10.1. The van der Waals surface area contributed by atoms with Crippen molar-refractivity contribution in [1.29, 1.82) is 0 Å². The number of benzene rings is 2. The van der Waals surface area contributed by atoms with Crippen LogP contribution in [0.1, 0.15) is 23.6 Å². The highest BCUT2D eigenvalue weighted by Crippen LogP contribution is 2.35. The van der Waals surface area contributed by atoms with Crippen LogP contribution in [0.5, 0.6) is 0 Å². The third-order valence-corrected chi connectivity index (χ3v) is 5.22. The third-order valence-electron chi connectivity index (χ3n) is 3.94. The van der Waals surface area contributed by atoms with Crippen molar-refractivity contribution in [3.05, 3.63) is 71.3 Å². The molecule has 1 unspecified atom stereocenters. The number of thioether (sulfide) groups is 1. The van der Waals surface area contributed by atoms with Gasteiger partial charge in [0.05, 0.1) is 10.9 Å². The molecule has 0 aliphatic rings. The minimum Gasteiger partial charge on any atom is -0.419 e. The fourth-order valence-corrected chi connectivity index (χ4v) is 3.67.